The molecule has 2 N–H and O–H groups in total. The third-order valence-electron chi connectivity index (χ3n) is 5.80. The van der Waals surface area contributed by atoms with E-state index in [2.05, 4.69) is 36.4 Å². The molecule has 1 aliphatic carbocycles. The molecule has 0 amide bonds. The van der Waals surface area contributed by atoms with Crippen molar-refractivity contribution in [3.63, 3.8) is 0 Å². The van der Waals surface area contributed by atoms with Gasteiger partial charge < -0.3 is 19.0 Å². The number of hydrogen-bond donors (Lipinski definition) is 2. The van der Waals surface area contributed by atoms with Gasteiger partial charge in [0.25, 0.3) is 0 Å². The van der Waals surface area contributed by atoms with Crippen LogP contribution < -0.4 is 9.26 Å². The second-order valence-corrected chi connectivity index (χ2v) is 8.77. The molecule has 166 valence electrons. The number of rotatable bonds is 7. The Labute approximate surface area is 190 Å². The van der Waals surface area contributed by atoms with Crippen molar-refractivity contribution in [2.75, 3.05) is 14.1 Å². The first kappa shape index (κ1) is 22.5. The van der Waals surface area contributed by atoms with Crippen LogP contribution in [0.4, 0.5) is 0 Å². The molecule has 0 aliphatic heterocycles. The number of nitrogens with zero attached hydrogens (tertiary/aromatic N) is 1. The summed E-state index contributed by atoms with van der Waals surface area (Å²) in [6.45, 7) is 2.02. The Hall–Kier alpha value is -2.69. The highest BCUT2D eigenvalue weighted by atomic mass is 31.2. The molecule has 1 aliphatic rings. The van der Waals surface area contributed by atoms with E-state index in [0.717, 1.165) is 29.7 Å². The smallest absolute Gasteiger partial charge is 0.391 e. The number of allylic oxidation sites excluding steroid dienone is 1. The van der Waals surface area contributed by atoms with Gasteiger partial charge in [0.2, 0.25) is 0 Å². The van der Waals surface area contributed by atoms with E-state index in [1.54, 1.807) is 12.1 Å². The molecular weight excluding hydrogens is 421 g/mol. The summed E-state index contributed by atoms with van der Waals surface area (Å²) in [6, 6.07) is 24.3. The van der Waals surface area contributed by atoms with E-state index in [1.165, 1.54) is 22.3 Å². The molecule has 0 saturated heterocycles. The fourth-order valence-corrected chi connectivity index (χ4v) is 4.29. The summed E-state index contributed by atoms with van der Waals surface area (Å²) in [4.78, 5) is 20.3. The number of hydrogen-bond acceptors (Lipinski definition) is 5. The maximum absolute atomic E-state index is 9.14. The minimum Gasteiger partial charge on any atom is -0.475 e. The summed E-state index contributed by atoms with van der Waals surface area (Å²) >= 11 is 0. The van der Waals surface area contributed by atoms with Crippen molar-refractivity contribution >= 4 is 19.7 Å². The molecular formula is C26H28NO4P. The number of benzene rings is 3. The molecule has 0 fully saturated rings. The topological polar surface area (TPSA) is 62.2 Å². The lowest BCUT2D eigenvalue weighted by molar-refractivity contribution is 0.0815. The van der Waals surface area contributed by atoms with Crippen molar-refractivity contribution in [1.29, 1.82) is 0 Å². The average Bonchev–Trinajstić information content (AvgIpc) is 3.20. The molecule has 3 aromatic carbocycles. The maximum Gasteiger partial charge on any atom is 0.391 e. The zero-order valence-electron chi connectivity index (χ0n) is 18.5. The molecule has 0 radical (unpaired) electrons. The highest BCUT2D eigenvalue weighted by Crippen LogP contribution is 2.41. The highest BCUT2D eigenvalue weighted by molar-refractivity contribution is 7.39. The normalized spacial score (nSPS) is 15.6. The van der Waals surface area contributed by atoms with Gasteiger partial charge in [0, 0.05) is 0 Å². The third kappa shape index (κ3) is 5.03. The van der Waals surface area contributed by atoms with Crippen molar-refractivity contribution < 1.29 is 19.0 Å². The van der Waals surface area contributed by atoms with Gasteiger partial charge >= 0.3 is 8.60 Å². The van der Waals surface area contributed by atoms with Crippen LogP contribution in [0.3, 0.4) is 0 Å². The van der Waals surface area contributed by atoms with Crippen LogP contribution in [-0.2, 0) is 6.42 Å². The second kappa shape index (κ2) is 9.85. The first-order chi connectivity index (χ1) is 15.4. The van der Waals surface area contributed by atoms with Crippen molar-refractivity contribution in [3.05, 3.63) is 95.1 Å². The van der Waals surface area contributed by atoms with Crippen LogP contribution in [0.1, 0.15) is 35.6 Å². The zero-order chi connectivity index (χ0) is 22.7. The molecule has 6 heteroatoms. The number of fused-ring (bicyclic) bond motifs is 1. The summed E-state index contributed by atoms with van der Waals surface area (Å²) in [5, 5.41) is 0. The largest absolute Gasteiger partial charge is 0.475 e. The van der Waals surface area contributed by atoms with Gasteiger partial charge in [-0.15, -0.1) is 0 Å². The van der Waals surface area contributed by atoms with E-state index in [-0.39, 0.29) is 6.23 Å². The summed E-state index contributed by atoms with van der Waals surface area (Å²) in [5.74, 6) is 1.26. The molecule has 0 heterocycles. The molecule has 5 nitrogen and oxygen atoms in total. The van der Waals surface area contributed by atoms with E-state index in [1.807, 2.05) is 50.2 Å². The molecule has 32 heavy (non-hydrogen) atoms. The van der Waals surface area contributed by atoms with Gasteiger partial charge in [-0.25, -0.2) is 0 Å². The van der Waals surface area contributed by atoms with Crippen LogP contribution in [-0.4, -0.2) is 35.0 Å². The fourth-order valence-electron chi connectivity index (χ4n) is 3.98. The van der Waals surface area contributed by atoms with Crippen LogP contribution in [0.25, 0.3) is 11.1 Å². The van der Waals surface area contributed by atoms with E-state index >= 15 is 0 Å². The van der Waals surface area contributed by atoms with E-state index < -0.39 is 8.60 Å². The highest BCUT2D eigenvalue weighted by Gasteiger charge is 2.21. The Morgan fingerprint density at radius 3 is 2.03 bits per heavy atom. The van der Waals surface area contributed by atoms with Crippen LogP contribution in [0.15, 0.2) is 72.8 Å². The first-order valence-corrected chi connectivity index (χ1v) is 11.8. The Morgan fingerprint density at radius 2 is 1.44 bits per heavy atom. The summed E-state index contributed by atoms with van der Waals surface area (Å²) in [5.41, 5.74) is 7.31. The molecule has 1 atom stereocenters. The maximum atomic E-state index is 9.14. The van der Waals surface area contributed by atoms with Gasteiger partial charge in [-0.3, -0.25) is 4.90 Å². The lowest BCUT2D eigenvalue weighted by atomic mass is 9.90. The van der Waals surface area contributed by atoms with Gasteiger partial charge in [-0.1, -0.05) is 48.5 Å². The van der Waals surface area contributed by atoms with Gasteiger partial charge in [0.05, 0.1) is 0 Å². The standard InChI is InChI=1S/C26H28NO4P/c1-18(27(2)3)30-22-13-8-20(9-14-22)26(21-10-15-23(16-11-21)31-32(28)29)25-17-12-19-6-4-5-7-24(19)25/h4-11,13-16,18,28-29H,12,17H2,1-3H3/b26-25-. The minimum absolute atomic E-state index is 0.0172. The monoisotopic (exact) mass is 449 g/mol. The van der Waals surface area contributed by atoms with Gasteiger partial charge in [0.15, 0.2) is 0 Å². The first-order valence-electron chi connectivity index (χ1n) is 10.6. The lowest BCUT2D eigenvalue weighted by Crippen LogP contribution is -2.30. The fraction of sp³-hybridized carbons (Fsp3) is 0.231. The molecule has 0 aromatic heterocycles. The Kier molecular flexibility index (Phi) is 6.92. The Morgan fingerprint density at radius 1 is 0.844 bits per heavy atom. The van der Waals surface area contributed by atoms with Gasteiger partial charge in [-0.2, -0.15) is 0 Å². The quantitative estimate of drug-likeness (QED) is 0.370. The van der Waals surface area contributed by atoms with Crippen molar-refractivity contribution in [1.82, 2.24) is 4.90 Å². The van der Waals surface area contributed by atoms with Crippen molar-refractivity contribution in [2.24, 2.45) is 0 Å². The average molecular weight is 449 g/mol. The van der Waals surface area contributed by atoms with E-state index in [9.17, 15) is 0 Å². The zero-order valence-corrected chi connectivity index (χ0v) is 19.4. The molecule has 1 unspecified atom stereocenters. The van der Waals surface area contributed by atoms with E-state index in [0.29, 0.717) is 5.75 Å². The van der Waals surface area contributed by atoms with Crippen LogP contribution in [0, 0.1) is 0 Å². The number of ether oxygens (including phenoxy) is 1. The Bertz CT molecular complexity index is 1090. The summed E-state index contributed by atoms with van der Waals surface area (Å²) < 4.78 is 11.0. The third-order valence-corrected chi connectivity index (χ3v) is 6.17. The summed E-state index contributed by atoms with van der Waals surface area (Å²) in [7, 11) is 1.54. The molecule has 0 spiro atoms. The van der Waals surface area contributed by atoms with Crippen LogP contribution in [0.2, 0.25) is 0 Å². The predicted molar refractivity (Wildman–Crippen MR) is 129 cm³/mol. The second-order valence-electron chi connectivity index (χ2n) is 8.08. The van der Waals surface area contributed by atoms with Crippen molar-refractivity contribution in [3.8, 4) is 11.5 Å². The van der Waals surface area contributed by atoms with Crippen LogP contribution in [0.5, 0.6) is 11.5 Å². The summed E-state index contributed by atoms with van der Waals surface area (Å²) in [6.07, 6.45) is 1.98. The molecule has 0 saturated carbocycles. The minimum atomic E-state index is -2.43. The number of aryl methyl sites for hydroxylation is 1. The van der Waals surface area contributed by atoms with Crippen LogP contribution >= 0.6 is 8.60 Å². The predicted octanol–water partition coefficient (Wildman–Crippen LogP) is 5.47. The SMILES string of the molecule is CC(Oc1ccc(/C(=C2\CCc3ccccc32)c2ccc(OP(O)O)cc2)cc1)N(C)C. The van der Waals surface area contributed by atoms with Crippen molar-refractivity contribution in [2.45, 2.75) is 26.0 Å². The molecule has 3 aromatic rings. The Balaban J connectivity index is 1.75. The van der Waals surface area contributed by atoms with Gasteiger partial charge in [0.1, 0.15) is 17.7 Å². The lowest BCUT2D eigenvalue weighted by Gasteiger charge is -2.21. The molecule has 4 rings (SSSR count). The molecule has 0 bridgehead atoms. The van der Waals surface area contributed by atoms with E-state index in [4.69, 9.17) is 19.0 Å². The van der Waals surface area contributed by atoms with Gasteiger partial charge in [-0.05, 0) is 91.5 Å².